The summed E-state index contributed by atoms with van der Waals surface area (Å²) in [6, 6.07) is 10.7. The van der Waals surface area contributed by atoms with Crippen LogP contribution in [0.25, 0.3) is 6.08 Å². The van der Waals surface area contributed by atoms with Crippen molar-refractivity contribution in [3.63, 3.8) is 0 Å². The Balaban J connectivity index is 2.04. The van der Waals surface area contributed by atoms with Crippen LogP contribution in [0.4, 0.5) is 5.69 Å². The number of carbonyl (C=O) groups is 2. The van der Waals surface area contributed by atoms with Crippen LogP contribution in [0, 0.1) is 14.1 Å². The van der Waals surface area contributed by atoms with Gasteiger partial charge < -0.3 is 5.11 Å². The number of anilines is 1. The third-order valence-electron chi connectivity index (χ3n) is 3.74. The maximum atomic E-state index is 12.9. The number of nitrogens with zero attached hydrogens (tertiary/aromatic N) is 1. The molecule has 2 amide bonds. The first kappa shape index (κ1) is 19.2. The van der Waals surface area contributed by atoms with E-state index in [9.17, 15) is 14.7 Å². The number of thiocarbonyl (C=S) groups is 1. The van der Waals surface area contributed by atoms with Crippen LogP contribution in [0.3, 0.4) is 0 Å². The zero-order chi connectivity index (χ0) is 19.0. The standard InChI is InChI=1S/C18H12I2N2O3S/c1-9-2-4-11(5-3-9)22-17(25)12(16(24)21-18(22)26)6-10-7-13(19)15(23)14(20)8-10/h2-8,23H,1H3,(H,21,24,26)/b12-6+. The Hall–Kier alpha value is -1.53. The molecule has 1 heterocycles. The number of rotatable bonds is 2. The van der Waals surface area contributed by atoms with Crippen LogP contribution in [-0.2, 0) is 9.59 Å². The predicted molar refractivity (Wildman–Crippen MR) is 121 cm³/mol. The second-order valence-electron chi connectivity index (χ2n) is 5.63. The highest BCUT2D eigenvalue weighted by Gasteiger charge is 2.34. The van der Waals surface area contributed by atoms with Crippen molar-refractivity contribution in [3.05, 3.63) is 60.2 Å². The lowest BCUT2D eigenvalue weighted by molar-refractivity contribution is -0.122. The highest BCUT2D eigenvalue weighted by atomic mass is 127. The summed E-state index contributed by atoms with van der Waals surface area (Å²) in [6.45, 7) is 1.95. The number of halogens is 2. The van der Waals surface area contributed by atoms with E-state index in [2.05, 4.69) is 5.32 Å². The minimum atomic E-state index is -0.540. The number of amides is 2. The van der Waals surface area contributed by atoms with Gasteiger partial charge in [-0.1, -0.05) is 17.7 Å². The Kier molecular flexibility index (Phi) is 5.63. The number of benzene rings is 2. The molecule has 0 aliphatic carbocycles. The molecule has 5 nitrogen and oxygen atoms in total. The second-order valence-corrected chi connectivity index (χ2v) is 8.34. The first-order valence-electron chi connectivity index (χ1n) is 7.44. The lowest BCUT2D eigenvalue weighted by Gasteiger charge is -2.29. The van der Waals surface area contributed by atoms with E-state index in [1.807, 2.05) is 64.2 Å². The molecule has 2 aromatic carbocycles. The van der Waals surface area contributed by atoms with Crippen LogP contribution in [0.1, 0.15) is 11.1 Å². The van der Waals surface area contributed by atoms with E-state index in [1.54, 1.807) is 24.3 Å². The number of phenols is 1. The van der Waals surface area contributed by atoms with E-state index in [-0.39, 0.29) is 16.4 Å². The molecule has 0 radical (unpaired) electrons. The van der Waals surface area contributed by atoms with Gasteiger partial charge in [-0.25, -0.2) is 0 Å². The summed E-state index contributed by atoms with van der Waals surface area (Å²) in [6.07, 6.45) is 1.50. The molecular formula is C18H12I2N2O3S. The van der Waals surface area contributed by atoms with Gasteiger partial charge >= 0.3 is 0 Å². The monoisotopic (exact) mass is 590 g/mol. The van der Waals surface area contributed by atoms with Crippen LogP contribution in [0.5, 0.6) is 5.75 Å². The first-order chi connectivity index (χ1) is 12.3. The molecule has 0 aromatic heterocycles. The van der Waals surface area contributed by atoms with Crippen LogP contribution in [-0.4, -0.2) is 22.0 Å². The van der Waals surface area contributed by atoms with Gasteiger partial charge in [-0.15, -0.1) is 0 Å². The molecule has 2 N–H and O–H groups in total. The van der Waals surface area contributed by atoms with Gasteiger partial charge in [0.1, 0.15) is 11.3 Å². The Labute approximate surface area is 182 Å². The number of nitrogens with one attached hydrogen (secondary N) is 1. The highest BCUT2D eigenvalue weighted by Crippen LogP contribution is 2.29. The van der Waals surface area contributed by atoms with Crippen molar-refractivity contribution in [2.75, 3.05) is 4.90 Å². The summed E-state index contributed by atoms with van der Waals surface area (Å²) in [7, 11) is 0. The number of aromatic hydroxyl groups is 1. The van der Waals surface area contributed by atoms with Crippen molar-refractivity contribution in [1.29, 1.82) is 0 Å². The van der Waals surface area contributed by atoms with Gasteiger partial charge in [-0.2, -0.15) is 0 Å². The quantitative estimate of drug-likeness (QED) is 0.242. The van der Waals surface area contributed by atoms with Gasteiger partial charge in [0.15, 0.2) is 5.11 Å². The molecule has 1 saturated heterocycles. The molecule has 0 spiro atoms. The zero-order valence-electron chi connectivity index (χ0n) is 13.4. The predicted octanol–water partition coefficient (Wildman–Crippen LogP) is 3.74. The minimum absolute atomic E-state index is 0.0172. The van der Waals surface area contributed by atoms with Crippen LogP contribution < -0.4 is 10.2 Å². The normalized spacial score (nSPS) is 16.2. The molecule has 0 atom stereocenters. The van der Waals surface area contributed by atoms with Crippen molar-refractivity contribution in [2.24, 2.45) is 0 Å². The van der Waals surface area contributed by atoms with Crippen molar-refractivity contribution < 1.29 is 14.7 Å². The molecule has 1 aliphatic rings. The van der Waals surface area contributed by atoms with E-state index in [0.717, 1.165) is 5.56 Å². The van der Waals surface area contributed by atoms with Gasteiger partial charge in [0, 0.05) is 0 Å². The average molecular weight is 590 g/mol. The summed E-state index contributed by atoms with van der Waals surface area (Å²) < 4.78 is 1.27. The van der Waals surface area contributed by atoms with E-state index >= 15 is 0 Å². The third-order valence-corrected chi connectivity index (χ3v) is 5.67. The Morgan fingerprint density at radius 3 is 2.27 bits per heavy atom. The molecule has 0 saturated carbocycles. The maximum Gasteiger partial charge on any atom is 0.270 e. The molecule has 0 bridgehead atoms. The topological polar surface area (TPSA) is 69.6 Å². The average Bonchev–Trinajstić information content (AvgIpc) is 2.58. The van der Waals surface area contributed by atoms with Gasteiger partial charge in [-0.05, 0) is 100 Å². The van der Waals surface area contributed by atoms with Gasteiger partial charge in [0.25, 0.3) is 11.8 Å². The maximum absolute atomic E-state index is 12.9. The first-order valence-corrected chi connectivity index (χ1v) is 10.0. The fourth-order valence-corrected chi connectivity index (χ4v) is 4.52. The molecule has 8 heteroatoms. The molecule has 0 unspecified atom stereocenters. The number of hydrogen-bond donors (Lipinski definition) is 2. The highest BCUT2D eigenvalue weighted by molar-refractivity contribution is 14.1. The molecule has 26 heavy (non-hydrogen) atoms. The van der Waals surface area contributed by atoms with Gasteiger partial charge in [-0.3, -0.25) is 19.8 Å². The fraction of sp³-hybridized carbons (Fsp3) is 0.0556. The number of carbonyl (C=O) groups excluding carboxylic acids is 2. The minimum Gasteiger partial charge on any atom is -0.506 e. The van der Waals surface area contributed by atoms with Crippen LogP contribution >= 0.6 is 57.4 Å². The molecule has 132 valence electrons. The van der Waals surface area contributed by atoms with Crippen molar-refractivity contribution in [1.82, 2.24) is 5.32 Å². The summed E-state index contributed by atoms with van der Waals surface area (Å²) in [5.74, 6) is -0.850. The summed E-state index contributed by atoms with van der Waals surface area (Å²) >= 11 is 9.18. The van der Waals surface area contributed by atoms with E-state index in [4.69, 9.17) is 12.2 Å². The van der Waals surface area contributed by atoms with E-state index in [1.165, 1.54) is 11.0 Å². The molecular weight excluding hydrogens is 578 g/mol. The largest absolute Gasteiger partial charge is 0.506 e. The molecule has 2 aromatic rings. The summed E-state index contributed by atoms with van der Waals surface area (Å²) in [5.41, 5.74) is 2.27. The third kappa shape index (κ3) is 3.76. The Morgan fingerprint density at radius 2 is 1.69 bits per heavy atom. The zero-order valence-corrected chi connectivity index (χ0v) is 18.5. The van der Waals surface area contributed by atoms with Crippen molar-refractivity contribution >= 4 is 86.1 Å². The smallest absolute Gasteiger partial charge is 0.270 e. The molecule has 3 rings (SSSR count). The van der Waals surface area contributed by atoms with E-state index in [0.29, 0.717) is 18.4 Å². The summed E-state index contributed by atoms with van der Waals surface area (Å²) in [4.78, 5) is 26.6. The Bertz CT molecular complexity index is 948. The lowest BCUT2D eigenvalue weighted by atomic mass is 10.1. The van der Waals surface area contributed by atoms with Crippen molar-refractivity contribution in [2.45, 2.75) is 6.92 Å². The lowest BCUT2D eigenvalue weighted by Crippen LogP contribution is -2.54. The molecule has 1 fully saturated rings. The molecule has 1 aliphatic heterocycles. The number of phenolic OH excluding ortho intramolecular Hbond substituents is 1. The van der Waals surface area contributed by atoms with Crippen LogP contribution in [0.2, 0.25) is 0 Å². The number of hydrogen-bond acceptors (Lipinski definition) is 4. The van der Waals surface area contributed by atoms with Gasteiger partial charge in [0.05, 0.1) is 12.8 Å². The summed E-state index contributed by atoms with van der Waals surface area (Å²) in [5, 5.41) is 12.5. The second kappa shape index (κ2) is 7.61. The fourth-order valence-electron chi connectivity index (χ4n) is 2.42. The SMILES string of the molecule is Cc1ccc(N2C(=O)/C(=C/c3cc(I)c(O)c(I)c3)C(=O)NC2=S)cc1. The van der Waals surface area contributed by atoms with Crippen molar-refractivity contribution in [3.8, 4) is 5.75 Å². The Morgan fingerprint density at radius 1 is 1.12 bits per heavy atom. The number of aryl methyl sites for hydroxylation is 1. The van der Waals surface area contributed by atoms with Gasteiger partial charge in [0.2, 0.25) is 0 Å². The van der Waals surface area contributed by atoms with E-state index < -0.39 is 11.8 Å². The van der Waals surface area contributed by atoms with Crippen LogP contribution in [0.15, 0.2) is 42.0 Å².